The van der Waals surface area contributed by atoms with Gasteiger partial charge in [0.1, 0.15) is 5.82 Å². The van der Waals surface area contributed by atoms with E-state index in [0.29, 0.717) is 16.7 Å². The zero-order valence-electron chi connectivity index (χ0n) is 7.97. The number of aromatic amines is 1. The Kier molecular flexibility index (Phi) is 2.80. The highest BCUT2D eigenvalue weighted by molar-refractivity contribution is 9.10. The van der Waals surface area contributed by atoms with Crippen molar-refractivity contribution < 1.29 is 0 Å². The van der Waals surface area contributed by atoms with Crippen molar-refractivity contribution in [1.82, 2.24) is 9.97 Å². The van der Waals surface area contributed by atoms with E-state index in [0.717, 1.165) is 10.0 Å². The van der Waals surface area contributed by atoms with Crippen molar-refractivity contribution in [3.05, 3.63) is 38.3 Å². The molecule has 0 saturated carbocycles. The van der Waals surface area contributed by atoms with Crippen LogP contribution < -0.4 is 5.56 Å². The van der Waals surface area contributed by atoms with E-state index in [1.807, 2.05) is 19.1 Å². The van der Waals surface area contributed by atoms with Crippen LogP contribution in [0.5, 0.6) is 0 Å². The van der Waals surface area contributed by atoms with Gasteiger partial charge in [0.25, 0.3) is 5.56 Å². The number of halogens is 2. The van der Waals surface area contributed by atoms with Crippen LogP contribution in [-0.4, -0.2) is 9.97 Å². The summed E-state index contributed by atoms with van der Waals surface area (Å²) in [7, 11) is 0. The SMILES string of the molecule is Cc1ccc(Br)c2c(=O)[nH]c(CCl)nc12. The molecule has 2 rings (SSSR count). The number of H-pyrrole nitrogens is 1. The Bertz CT molecular complexity index is 579. The monoisotopic (exact) mass is 286 g/mol. The van der Waals surface area contributed by atoms with E-state index in [2.05, 4.69) is 25.9 Å². The summed E-state index contributed by atoms with van der Waals surface area (Å²) in [4.78, 5) is 18.7. The predicted molar refractivity (Wildman–Crippen MR) is 64.4 cm³/mol. The minimum Gasteiger partial charge on any atom is -0.309 e. The fourth-order valence-corrected chi connectivity index (χ4v) is 2.08. The maximum absolute atomic E-state index is 11.7. The third-order valence-electron chi connectivity index (χ3n) is 2.19. The Morgan fingerprint density at radius 1 is 1.53 bits per heavy atom. The van der Waals surface area contributed by atoms with Crippen LogP contribution in [0.4, 0.5) is 0 Å². The van der Waals surface area contributed by atoms with Gasteiger partial charge in [-0.3, -0.25) is 4.79 Å². The number of rotatable bonds is 1. The Labute approximate surface area is 99.6 Å². The van der Waals surface area contributed by atoms with Gasteiger partial charge in [-0.15, -0.1) is 11.6 Å². The molecule has 0 bridgehead atoms. The first-order valence-corrected chi connectivity index (χ1v) is 5.70. The van der Waals surface area contributed by atoms with Crippen molar-refractivity contribution in [1.29, 1.82) is 0 Å². The van der Waals surface area contributed by atoms with Crippen molar-refractivity contribution >= 4 is 38.4 Å². The van der Waals surface area contributed by atoms with Gasteiger partial charge >= 0.3 is 0 Å². The Balaban J connectivity index is 2.97. The number of hydrogen-bond donors (Lipinski definition) is 1. The van der Waals surface area contributed by atoms with Crippen LogP contribution in [0.1, 0.15) is 11.4 Å². The lowest BCUT2D eigenvalue weighted by Crippen LogP contribution is -2.12. The summed E-state index contributed by atoms with van der Waals surface area (Å²) in [5, 5.41) is 0.573. The predicted octanol–water partition coefficient (Wildman–Crippen LogP) is 2.73. The topological polar surface area (TPSA) is 45.8 Å². The molecule has 0 saturated heterocycles. The van der Waals surface area contributed by atoms with Crippen molar-refractivity contribution in [2.45, 2.75) is 12.8 Å². The third kappa shape index (κ3) is 1.79. The van der Waals surface area contributed by atoms with Crippen LogP contribution in [0.3, 0.4) is 0 Å². The second-order valence-electron chi connectivity index (χ2n) is 3.23. The highest BCUT2D eigenvalue weighted by Gasteiger charge is 2.08. The van der Waals surface area contributed by atoms with E-state index < -0.39 is 0 Å². The van der Waals surface area contributed by atoms with Crippen molar-refractivity contribution in [3.8, 4) is 0 Å². The molecule has 0 radical (unpaired) electrons. The summed E-state index contributed by atoms with van der Waals surface area (Å²) >= 11 is 8.98. The number of alkyl halides is 1. The lowest BCUT2D eigenvalue weighted by Gasteiger charge is -2.04. The van der Waals surface area contributed by atoms with Gasteiger partial charge in [-0.2, -0.15) is 0 Å². The number of benzene rings is 1. The summed E-state index contributed by atoms with van der Waals surface area (Å²) in [6.07, 6.45) is 0. The summed E-state index contributed by atoms with van der Waals surface area (Å²) in [5.74, 6) is 0.701. The summed E-state index contributed by atoms with van der Waals surface area (Å²) in [6.45, 7) is 1.92. The molecule has 2 aromatic rings. The van der Waals surface area contributed by atoms with Gasteiger partial charge in [-0.25, -0.2) is 4.98 Å². The largest absolute Gasteiger partial charge is 0.309 e. The van der Waals surface area contributed by atoms with Crippen LogP contribution >= 0.6 is 27.5 Å². The fourth-order valence-electron chi connectivity index (χ4n) is 1.45. The number of nitrogens with one attached hydrogen (secondary N) is 1. The summed E-state index contributed by atoms with van der Waals surface area (Å²) < 4.78 is 0.748. The van der Waals surface area contributed by atoms with Gasteiger partial charge in [-0.05, 0) is 34.5 Å². The van der Waals surface area contributed by atoms with Crippen LogP contribution in [0, 0.1) is 6.92 Å². The fraction of sp³-hybridized carbons (Fsp3) is 0.200. The van der Waals surface area contributed by atoms with Crippen molar-refractivity contribution in [2.24, 2.45) is 0 Å². The van der Waals surface area contributed by atoms with Gasteiger partial charge in [0.15, 0.2) is 0 Å². The molecule has 15 heavy (non-hydrogen) atoms. The Hall–Kier alpha value is -0.870. The quantitative estimate of drug-likeness (QED) is 0.820. The van der Waals surface area contributed by atoms with Gasteiger partial charge in [0.2, 0.25) is 0 Å². The van der Waals surface area contributed by atoms with E-state index in [1.54, 1.807) is 0 Å². The van der Waals surface area contributed by atoms with E-state index >= 15 is 0 Å². The molecule has 0 fully saturated rings. The maximum Gasteiger partial charge on any atom is 0.259 e. The average Bonchev–Trinajstić information content (AvgIpc) is 2.23. The van der Waals surface area contributed by atoms with E-state index in [-0.39, 0.29) is 11.4 Å². The van der Waals surface area contributed by atoms with Gasteiger partial charge < -0.3 is 4.98 Å². The molecule has 0 aliphatic heterocycles. The molecule has 78 valence electrons. The molecular weight excluding hydrogens is 279 g/mol. The van der Waals surface area contributed by atoms with Gasteiger partial charge in [0.05, 0.1) is 16.8 Å². The first-order chi connectivity index (χ1) is 7.13. The molecule has 1 N–H and O–H groups in total. The van der Waals surface area contributed by atoms with E-state index in [9.17, 15) is 4.79 Å². The number of fused-ring (bicyclic) bond motifs is 1. The molecule has 0 unspecified atom stereocenters. The molecular formula is C10H8BrClN2O. The molecule has 1 aromatic carbocycles. The average molecular weight is 288 g/mol. The molecule has 1 aromatic heterocycles. The molecule has 3 nitrogen and oxygen atoms in total. The van der Waals surface area contributed by atoms with Crippen LogP contribution in [0.25, 0.3) is 10.9 Å². The van der Waals surface area contributed by atoms with Crippen LogP contribution in [0.15, 0.2) is 21.4 Å². The minimum atomic E-state index is -0.161. The number of aryl methyl sites for hydroxylation is 1. The number of aromatic nitrogens is 2. The van der Waals surface area contributed by atoms with E-state index in [1.165, 1.54) is 0 Å². The second kappa shape index (κ2) is 3.94. The Morgan fingerprint density at radius 3 is 2.93 bits per heavy atom. The maximum atomic E-state index is 11.7. The molecule has 0 aliphatic carbocycles. The normalized spacial score (nSPS) is 10.9. The van der Waals surface area contributed by atoms with Crippen molar-refractivity contribution in [3.63, 3.8) is 0 Å². The molecule has 1 heterocycles. The highest BCUT2D eigenvalue weighted by Crippen LogP contribution is 2.22. The summed E-state index contributed by atoms with van der Waals surface area (Å²) in [6, 6.07) is 3.76. The highest BCUT2D eigenvalue weighted by atomic mass is 79.9. The number of hydrogen-bond acceptors (Lipinski definition) is 2. The van der Waals surface area contributed by atoms with Crippen molar-refractivity contribution in [2.75, 3.05) is 0 Å². The van der Waals surface area contributed by atoms with Crippen LogP contribution in [0.2, 0.25) is 0 Å². The first kappa shape index (κ1) is 10.6. The standard InChI is InChI=1S/C10H8BrClN2O/c1-5-2-3-6(11)8-9(5)13-7(4-12)14-10(8)15/h2-3H,4H2,1H3,(H,13,14,15). The minimum absolute atomic E-state index is 0.161. The van der Waals surface area contributed by atoms with Crippen LogP contribution in [-0.2, 0) is 5.88 Å². The van der Waals surface area contributed by atoms with Gasteiger partial charge in [-0.1, -0.05) is 6.07 Å². The van der Waals surface area contributed by atoms with Gasteiger partial charge in [0, 0.05) is 4.47 Å². The lowest BCUT2D eigenvalue weighted by molar-refractivity contribution is 1.03. The molecule has 0 aliphatic rings. The smallest absolute Gasteiger partial charge is 0.259 e. The molecule has 0 spiro atoms. The Morgan fingerprint density at radius 2 is 2.27 bits per heavy atom. The molecule has 0 atom stereocenters. The first-order valence-electron chi connectivity index (χ1n) is 4.37. The van der Waals surface area contributed by atoms with E-state index in [4.69, 9.17) is 11.6 Å². The molecule has 0 amide bonds. The molecule has 5 heteroatoms. The second-order valence-corrected chi connectivity index (χ2v) is 4.36. The zero-order valence-corrected chi connectivity index (χ0v) is 10.3. The number of nitrogens with zero attached hydrogens (tertiary/aromatic N) is 1. The summed E-state index contributed by atoms with van der Waals surface area (Å²) in [5.41, 5.74) is 1.50. The third-order valence-corrected chi connectivity index (χ3v) is 3.10. The zero-order chi connectivity index (χ0) is 11.0. The lowest BCUT2D eigenvalue weighted by atomic mass is 10.1.